The summed E-state index contributed by atoms with van der Waals surface area (Å²) < 4.78 is 62.0. The van der Waals surface area contributed by atoms with Gasteiger partial charge in [-0.2, -0.15) is 13.2 Å². The van der Waals surface area contributed by atoms with Gasteiger partial charge in [0.2, 0.25) is 0 Å². The van der Waals surface area contributed by atoms with Gasteiger partial charge in [0.25, 0.3) is 9.84 Å². The summed E-state index contributed by atoms with van der Waals surface area (Å²) in [5.74, 6) is 0.367. The van der Waals surface area contributed by atoms with Crippen molar-refractivity contribution < 1.29 is 21.6 Å². The lowest BCUT2D eigenvalue weighted by Gasteiger charge is -2.27. The first-order valence-electron chi connectivity index (χ1n) is 6.70. The van der Waals surface area contributed by atoms with E-state index in [1.165, 1.54) is 12.1 Å². The minimum atomic E-state index is -5.34. The van der Waals surface area contributed by atoms with Crippen LogP contribution < -0.4 is 10.2 Å². The second kappa shape index (κ2) is 4.88. The van der Waals surface area contributed by atoms with Crippen LogP contribution in [0.2, 0.25) is 0 Å². The maximum absolute atomic E-state index is 12.8. The first kappa shape index (κ1) is 14.6. The molecule has 3 rings (SSSR count). The molecule has 1 N–H and O–H groups in total. The predicted molar refractivity (Wildman–Crippen MR) is 71.8 cm³/mol. The van der Waals surface area contributed by atoms with Crippen molar-refractivity contribution in [2.45, 2.75) is 22.9 Å². The molecule has 21 heavy (non-hydrogen) atoms. The smallest absolute Gasteiger partial charge is 0.366 e. The third kappa shape index (κ3) is 2.30. The van der Waals surface area contributed by atoms with E-state index in [4.69, 9.17) is 0 Å². The fraction of sp³-hybridized carbons (Fsp3) is 0.538. The number of hydrogen-bond acceptors (Lipinski definition) is 4. The second-order valence-electron chi connectivity index (χ2n) is 5.38. The summed E-state index contributed by atoms with van der Waals surface area (Å²) in [4.78, 5) is 1.15. The van der Waals surface area contributed by atoms with Gasteiger partial charge < -0.3 is 10.2 Å². The zero-order valence-corrected chi connectivity index (χ0v) is 11.9. The number of anilines is 1. The minimum absolute atomic E-state index is 0.0644. The van der Waals surface area contributed by atoms with Crippen molar-refractivity contribution in [1.82, 2.24) is 5.32 Å². The van der Waals surface area contributed by atoms with Crippen LogP contribution in [0.1, 0.15) is 6.42 Å². The van der Waals surface area contributed by atoms with E-state index in [1.54, 1.807) is 11.0 Å². The molecule has 0 aliphatic carbocycles. The summed E-state index contributed by atoms with van der Waals surface area (Å²) in [5, 5.41) is 3.20. The number of fused-ring (bicyclic) bond motifs is 1. The third-order valence-electron chi connectivity index (χ3n) is 4.21. The maximum Gasteiger partial charge on any atom is 0.501 e. The van der Waals surface area contributed by atoms with E-state index >= 15 is 0 Å². The highest BCUT2D eigenvalue weighted by atomic mass is 32.2. The Morgan fingerprint density at radius 3 is 2.62 bits per heavy atom. The number of rotatable bonds is 2. The van der Waals surface area contributed by atoms with E-state index in [2.05, 4.69) is 5.32 Å². The molecule has 1 aromatic carbocycles. The van der Waals surface area contributed by atoms with Crippen LogP contribution in [0.25, 0.3) is 0 Å². The molecule has 0 radical (unpaired) electrons. The van der Waals surface area contributed by atoms with Crippen LogP contribution in [0.5, 0.6) is 0 Å². The summed E-state index contributed by atoms with van der Waals surface area (Å²) in [5.41, 5.74) is -5.12. The fourth-order valence-electron chi connectivity index (χ4n) is 3.19. The highest BCUT2D eigenvalue weighted by Crippen LogP contribution is 2.39. The molecule has 0 bridgehead atoms. The SMILES string of the molecule is O=S(=O)(c1ccccc1N1CC[C@H]2CNC[C@H]21)C(F)(F)F. The molecule has 0 saturated carbocycles. The van der Waals surface area contributed by atoms with Gasteiger partial charge in [-0.15, -0.1) is 0 Å². The fourth-order valence-corrected chi connectivity index (χ4v) is 4.16. The Balaban J connectivity index is 2.05. The van der Waals surface area contributed by atoms with E-state index in [9.17, 15) is 21.6 Å². The van der Waals surface area contributed by atoms with Crippen molar-refractivity contribution >= 4 is 15.5 Å². The number of sulfone groups is 1. The monoisotopic (exact) mass is 320 g/mol. The lowest BCUT2D eigenvalue weighted by molar-refractivity contribution is -0.0435. The van der Waals surface area contributed by atoms with Crippen LogP contribution in [0.3, 0.4) is 0 Å². The number of benzene rings is 1. The number of nitrogens with zero attached hydrogens (tertiary/aromatic N) is 1. The number of halogens is 3. The normalized spacial score (nSPS) is 26.1. The number of nitrogens with one attached hydrogen (secondary N) is 1. The van der Waals surface area contributed by atoms with Crippen molar-refractivity contribution in [2.24, 2.45) is 5.92 Å². The van der Waals surface area contributed by atoms with Crippen molar-refractivity contribution in [3.05, 3.63) is 24.3 Å². The molecule has 0 aromatic heterocycles. The van der Waals surface area contributed by atoms with Crippen LogP contribution in [-0.2, 0) is 9.84 Å². The zero-order chi connectivity index (χ0) is 15.3. The molecule has 4 nitrogen and oxygen atoms in total. The Bertz CT molecular complexity index is 645. The van der Waals surface area contributed by atoms with E-state index in [-0.39, 0.29) is 11.7 Å². The summed E-state index contributed by atoms with van der Waals surface area (Å²) >= 11 is 0. The van der Waals surface area contributed by atoms with Gasteiger partial charge in [0.1, 0.15) is 0 Å². The molecule has 2 aliphatic heterocycles. The molecular weight excluding hydrogens is 305 g/mol. The highest BCUT2D eigenvalue weighted by Gasteiger charge is 2.49. The zero-order valence-electron chi connectivity index (χ0n) is 11.1. The number of alkyl halides is 3. The third-order valence-corrected chi connectivity index (χ3v) is 5.75. The lowest BCUT2D eigenvalue weighted by atomic mass is 10.1. The average molecular weight is 320 g/mol. The summed E-state index contributed by atoms with van der Waals surface area (Å²) in [6.45, 7) is 2.09. The molecule has 0 unspecified atom stereocenters. The van der Waals surface area contributed by atoms with Gasteiger partial charge in [-0.05, 0) is 24.5 Å². The van der Waals surface area contributed by atoms with Crippen molar-refractivity contribution in [3.63, 3.8) is 0 Å². The van der Waals surface area contributed by atoms with Crippen LogP contribution in [-0.4, -0.2) is 39.6 Å². The Kier molecular flexibility index (Phi) is 3.40. The average Bonchev–Trinajstić information content (AvgIpc) is 2.99. The molecule has 2 atom stereocenters. The molecule has 2 heterocycles. The second-order valence-corrected chi connectivity index (χ2v) is 7.29. The quantitative estimate of drug-likeness (QED) is 0.902. The van der Waals surface area contributed by atoms with Crippen molar-refractivity contribution in [1.29, 1.82) is 0 Å². The first-order chi connectivity index (χ1) is 9.82. The van der Waals surface area contributed by atoms with Gasteiger partial charge in [0, 0.05) is 25.7 Å². The van der Waals surface area contributed by atoms with Crippen molar-refractivity contribution in [3.8, 4) is 0 Å². The van der Waals surface area contributed by atoms with Gasteiger partial charge >= 0.3 is 5.51 Å². The first-order valence-corrected chi connectivity index (χ1v) is 8.18. The number of para-hydroxylation sites is 1. The minimum Gasteiger partial charge on any atom is -0.366 e. The van der Waals surface area contributed by atoms with E-state index in [0.717, 1.165) is 19.0 Å². The molecule has 1 aromatic rings. The highest BCUT2D eigenvalue weighted by molar-refractivity contribution is 7.92. The molecule has 2 fully saturated rings. The van der Waals surface area contributed by atoms with Gasteiger partial charge in [-0.3, -0.25) is 0 Å². The van der Waals surface area contributed by atoms with Gasteiger partial charge in [0.05, 0.1) is 10.6 Å². The molecular formula is C13H15F3N2O2S. The van der Waals surface area contributed by atoms with Crippen LogP contribution in [0.15, 0.2) is 29.2 Å². The van der Waals surface area contributed by atoms with Gasteiger partial charge in [-0.25, -0.2) is 8.42 Å². The Hall–Kier alpha value is -1.28. The summed E-state index contributed by atoms with van der Waals surface area (Å²) in [6, 6.07) is 5.45. The van der Waals surface area contributed by atoms with E-state index in [0.29, 0.717) is 19.0 Å². The molecule has 0 spiro atoms. The van der Waals surface area contributed by atoms with Gasteiger partial charge in [0.15, 0.2) is 0 Å². The number of hydrogen-bond donors (Lipinski definition) is 1. The van der Waals surface area contributed by atoms with Gasteiger partial charge in [-0.1, -0.05) is 12.1 Å². The Morgan fingerprint density at radius 1 is 1.19 bits per heavy atom. The molecule has 116 valence electrons. The largest absolute Gasteiger partial charge is 0.501 e. The topological polar surface area (TPSA) is 49.4 Å². The van der Waals surface area contributed by atoms with E-state index < -0.39 is 20.2 Å². The summed E-state index contributed by atoms with van der Waals surface area (Å²) in [6.07, 6.45) is 0.859. The Morgan fingerprint density at radius 2 is 1.90 bits per heavy atom. The van der Waals surface area contributed by atoms with Crippen LogP contribution >= 0.6 is 0 Å². The van der Waals surface area contributed by atoms with Crippen molar-refractivity contribution in [2.75, 3.05) is 24.5 Å². The maximum atomic E-state index is 12.8. The molecule has 0 amide bonds. The molecule has 2 saturated heterocycles. The van der Waals surface area contributed by atoms with Crippen LogP contribution in [0.4, 0.5) is 18.9 Å². The summed E-state index contributed by atoms with van der Waals surface area (Å²) in [7, 11) is -5.34. The predicted octanol–water partition coefficient (Wildman–Crippen LogP) is 1.78. The molecule has 8 heteroatoms. The van der Waals surface area contributed by atoms with Crippen LogP contribution in [0, 0.1) is 5.92 Å². The standard InChI is InChI=1S/C13H15F3N2O2S/c14-13(15,16)21(19,20)12-4-2-1-3-10(12)18-6-5-9-7-17-8-11(9)18/h1-4,9,11,17H,5-8H2/t9-,11+/m0/s1. The lowest BCUT2D eigenvalue weighted by Crippen LogP contribution is -2.36. The Labute approximate surface area is 120 Å². The molecule has 2 aliphatic rings. The van der Waals surface area contributed by atoms with E-state index in [1.807, 2.05) is 0 Å².